The van der Waals surface area contributed by atoms with Gasteiger partial charge >= 0.3 is 0 Å². The molecule has 3 nitrogen and oxygen atoms in total. The monoisotopic (exact) mass is 292 g/mol. The number of methoxy groups -OCH3 is 1. The topological polar surface area (TPSA) is 24.5 Å². The van der Waals surface area contributed by atoms with Crippen LogP contribution in [0.3, 0.4) is 0 Å². The van der Waals surface area contributed by atoms with Crippen LogP contribution in [0.4, 0.5) is 5.69 Å². The van der Waals surface area contributed by atoms with Gasteiger partial charge in [-0.15, -0.1) is 0 Å². The number of benzene rings is 1. The number of nitrogens with zero attached hydrogens (tertiary/aromatic N) is 1. The van der Waals surface area contributed by atoms with E-state index in [1.54, 1.807) is 7.11 Å². The van der Waals surface area contributed by atoms with Crippen molar-refractivity contribution in [3.8, 4) is 5.75 Å². The van der Waals surface area contributed by atoms with Gasteiger partial charge < -0.3 is 15.0 Å². The number of ether oxygens (including phenoxy) is 1. The number of nitrogens with one attached hydrogen (secondary N) is 1. The molecule has 0 bridgehead atoms. The molecule has 0 aliphatic carbocycles. The third-order valence-corrected chi connectivity index (χ3v) is 3.52. The Morgan fingerprint density at radius 1 is 1.29 bits per heavy atom. The van der Waals surface area contributed by atoms with Crippen molar-refractivity contribution in [3.05, 3.63) is 23.8 Å². The van der Waals surface area contributed by atoms with Crippen molar-refractivity contribution < 1.29 is 4.74 Å². The van der Waals surface area contributed by atoms with E-state index in [4.69, 9.17) is 4.74 Å². The van der Waals surface area contributed by atoms with Crippen LogP contribution < -0.4 is 15.0 Å². The molecule has 1 N–H and O–H groups in total. The van der Waals surface area contributed by atoms with E-state index in [9.17, 15) is 0 Å². The van der Waals surface area contributed by atoms with Crippen LogP contribution in [0.25, 0.3) is 0 Å². The smallest absolute Gasteiger partial charge is 0.125 e. The Morgan fingerprint density at radius 2 is 1.95 bits per heavy atom. The van der Waals surface area contributed by atoms with Crippen LogP contribution in [0.1, 0.15) is 52.6 Å². The molecule has 120 valence electrons. The van der Waals surface area contributed by atoms with E-state index in [0.717, 1.165) is 25.3 Å². The molecule has 1 aromatic rings. The second-order valence-corrected chi connectivity index (χ2v) is 6.99. The molecule has 0 aromatic heterocycles. The Hall–Kier alpha value is -1.22. The largest absolute Gasteiger partial charge is 0.496 e. The van der Waals surface area contributed by atoms with E-state index >= 15 is 0 Å². The van der Waals surface area contributed by atoms with Crippen LogP contribution in [-0.4, -0.2) is 27.2 Å². The van der Waals surface area contributed by atoms with Crippen molar-refractivity contribution in [2.24, 2.45) is 5.41 Å². The Kier molecular flexibility index (Phi) is 6.53. The van der Waals surface area contributed by atoms with Gasteiger partial charge in [0, 0.05) is 30.9 Å². The minimum Gasteiger partial charge on any atom is -0.496 e. The highest BCUT2D eigenvalue weighted by Crippen LogP contribution is 2.35. The molecule has 0 spiro atoms. The molecule has 0 fully saturated rings. The molecule has 0 heterocycles. The lowest BCUT2D eigenvalue weighted by Crippen LogP contribution is -2.31. The van der Waals surface area contributed by atoms with Crippen molar-refractivity contribution in [1.82, 2.24) is 5.32 Å². The Bertz CT molecular complexity index is 437. The van der Waals surface area contributed by atoms with Gasteiger partial charge in [-0.3, -0.25) is 0 Å². The molecule has 1 aromatic carbocycles. The van der Waals surface area contributed by atoms with E-state index in [-0.39, 0.29) is 11.5 Å². The number of anilines is 1. The summed E-state index contributed by atoms with van der Waals surface area (Å²) in [7, 11) is 3.91. The third-order valence-electron chi connectivity index (χ3n) is 3.52. The van der Waals surface area contributed by atoms with E-state index in [1.807, 2.05) is 6.07 Å². The standard InChI is InChI=1S/C18H32N2O/c1-8-12-19-14(2)17-15(10-9-11-16(17)21-7)20(6)13-18(3,4)5/h9-11,14,19H,8,12-13H2,1-7H3. The van der Waals surface area contributed by atoms with Crippen molar-refractivity contribution in [1.29, 1.82) is 0 Å². The van der Waals surface area contributed by atoms with Gasteiger partial charge in [0.2, 0.25) is 0 Å². The molecule has 0 radical (unpaired) electrons. The maximum absolute atomic E-state index is 5.60. The number of rotatable bonds is 7. The SMILES string of the molecule is CCCNC(C)c1c(OC)cccc1N(C)CC(C)(C)C. The first-order valence-electron chi connectivity index (χ1n) is 7.91. The number of hydrogen-bond donors (Lipinski definition) is 1. The maximum atomic E-state index is 5.60. The highest BCUT2D eigenvalue weighted by Gasteiger charge is 2.21. The predicted octanol–water partition coefficient (Wildman–Crippen LogP) is 4.24. The summed E-state index contributed by atoms with van der Waals surface area (Å²) in [6.45, 7) is 13.2. The molecular weight excluding hydrogens is 260 g/mol. The second kappa shape index (κ2) is 7.69. The van der Waals surface area contributed by atoms with Crippen LogP contribution in [0.2, 0.25) is 0 Å². The summed E-state index contributed by atoms with van der Waals surface area (Å²) in [5, 5.41) is 3.57. The molecule has 1 atom stereocenters. The summed E-state index contributed by atoms with van der Waals surface area (Å²) in [5.74, 6) is 0.962. The lowest BCUT2D eigenvalue weighted by molar-refractivity contribution is 0.398. The molecule has 0 amide bonds. The fourth-order valence-electron chi connectivity index (χ4n) is 2.74. The molecule has 1 unspecified atom stereocenters. The summed E-state index contributed by atoms with van der Waals surface area (Å²) in [6, 6.07) is 6.59. The zero-order valence-corrected chi connectivity index (χ0v) is 14.8. The van der Waals surface area contributed by atoms with Gasteiger partial charge in [0.25, 0.3) is 0 Å². The normalized spacial score (nSPS) is 13.1. The van der Waals surface area contributed by atoms with Crippen LogP contribution in [0.5, 0.6) is 5.75 Å². The zero-order valence-electron chi connectivity index (χ0n) is 14.8. The fraction of sp³-hybridized carbons (Fsp3) is 0.667. The van der Waals surface area contributed by atoms with Gasteiger partial charge in [0.05, 0.1) is 7.11 Å². The summed E-state index contributed by atoms with van der Waals surface area (Å²) in [6.07, 6.45) is 1.13. The first kappa shape index (κ1) is 17.8. The minimum absolute atomic E-state index is 0.259. The Balaban J connectivity index is 3.12. The van der Waals surface area contributed by atoms with Gasteiger partial charge in [-0.2, -0.15) is 0 Å². The molecule has 3 heteroatoms. The summed E-state index contributed by atoms with van der Waals surface area (Å²) in [5.41, 5.74) is 2.76. The fourth-order valence-corrected chi connectivity index (χ4v) is 2.74. The summed E-state index contributed by atoms with van der Waals surface area (Å²) < 4.78 is 5.60. The zero-order chi connectivity index (χ0) is 16.0. The van der Waals surface area contributed by atoms with Crippen LogP contribution in [0.15, 0.2) is 18.2 Å². The van der Waals surface area contributed by atoms with Crippen LogP contribution in [-0.2, 0) is 0 Å². The first-order valence-corrected chi connectivity index (χ1v) is 7.91. The summed E-state index contributed by atoms with van der Waals surface area (Å²) >= 11 is 0. The predicted molar refractivity (Wildman–Crippen MR) is 92.4 cm³/mol. The van der Waals surface area contributed by atoms with Crippen molar-refractivity contribution >= 4 is 5.69 Å². The van der Waals surface area contributed by atoms with Gasteiger partial charge in [0.15, 0.2) is 0 Å². The van der Waals surface area contributed by atoms with Gasteiger partial charge in [-0.1, -0.05) is 33.8 Å². The van der Waals surface area contributed by atoms with Gasteiger partial charge in [-0.05, 0) is 37.4 Å². The molecule has 21 heavy (non-hydrogen) atoms. The first-order chi connectivity index (χ1) is 9.80. The van der Waals surface area contributed by atoms with Crippen molar-refractivity contribution in [3.63, 3.8) is 0 Å². The third kappa shape index (κ3) is 5.24. The van der Waals surface area contributed by atoms with Gasteiger partial charge in [0.1, 0.15) is 5.75 Å². The molecule has 0 aliphatic heterocycles. The maximum Gasteiger partial charge on any atom is 0.125 e. The highest BCUT2D eigenvalue weighted by molar-refractivity contribution is 5.60. The van der Waals surface area contributed by atoms with Crippen LogP contribution in [0, 0.1) is 5.41 Å². The number of hydrogen-bond acceptors (Lipinski definition) is 3. The lowest BCUT2D eigenvalue weighted by atomic mass is 9.95. The van der Waals surface area contributed by atoms with E-state index in [1.165, 1.54) is 11.3 Å². The average Bonchev–Trinajstić information content (AvgIpc) is 2.41. The minimum atomic E-state index is 0.259. The quantitative estimate of drug-likeness (QED) is 0.813. The Morgan fingerprint density at radius 3 is 2.48 bits per heavy atom. The molecule has 1 rings (SSSR count). The molecular formula is C18H32N2O. The van der Waals surface area contributed by atoms with Crippen molar-refractivity contribution in [2.45, 2.75) is 47.1 Å². The molecule has 0 saturated heterocycles. The van der Waals surface area contributed by atoms with Crippen molar-refractivity contribution in [2.75, 3.05) is 32.1 Å². The molecule has 0 aliphatic rings. The van der Waals surface area contributed by atoms with Crippen LogP contribution >= 0.6 is 0 Å². The van der Waals surface area contributed by atoms with Gasteiger partial charge in [-0.25, -0.2) is 0 Å². The lowest BCUT2D eigenvalue weighted by Gasteiger charge is -2.32. The van der Waals surface area contributed by atoms with E-state index in [0.29, 0.717) is 0 Å². The van der Waals surface area contributed by atoms with E-state index in [2.05, 4.69) is 64.0 Å². The average molecular weight is 292 g/mol. The van der Waals surface area contributed by atoms with E-state index < -0.39 is 0 Å². The molecule has 0 saturated carbocycles. The highest BCUT2D eigenvalue weighted by atomic mass is 16.5. The summed E-state index contributed by atoms with van der Waals surface area (Å²) in [4.78, 5) is 2.34. The Labute approximate surface area is 130 Å². The second-order valence-electron chi connectivity index (χ2n) is 6.99.